The molecule has 0 unspecified atom stereocenters. The maximum absolute atomic E-state index is 10.9. The van der Waals surface area contributed by atoms with Gasteiger partial charge in [-0.1, -0.05) is 54.6 Å². The molecular weight excluding hydrogens is 380 g/mol. The van der Waals surface area contributed by atoms with Crippen LogP contribution in [-0.2, 0) is 13.0 Å². The standard InChI is InChI=1S/C21H17BrO3/c22-19-8-4-7-18(13-15-5-2-1-3-6-15)20(19)25-14-16-9-11-17(12-10-16)21(23)24/h1-12H,13-14H2,(H,23,24). The van der Waals surface area contributed by atoms with Gasteiger partial charge in [-0.2, -0.15) is 0 Å². The Hall–Kier alpha value is -2.59. The molecular formula is C21H17BrO3. The predicted octanol–water partition coefficient (Wildman–Crippen LogP) is 5.32. The fraction of sp³-hybridized carbons (Fsp3) is 0.0952. The van der Waals surface area contributed by atoms with Crippen LogP contribution < -0.4 is 4.74 Å². The molecule has 0 aliphatic carbocycles. The number of carboxylic acid groups (broad SMARTS) is 1. The second-order valence-corrected chi connectivity index (χ2v) is 6.54. The van der Waals surface area contributed by atoms with Crippen molar-refractivity contribution in [2.24, 2.45) is 0 Å². The lowest BCUT2D eigenvalue weighted by Crippen LogP contribution is -2.01. The summed E-state index contributed by atoms with van der Waals surface area (Å²) >= 11 is 3.56. The molecule has 4 heteroatoms. The molecule has 0 saturated carbocycles. The van der Waals surface area contributed by atoms with Crippen molar-refractivity contribution in [3.63, 3.8) is 0 Å². The van der Waals surface area contributed by atoms with E-state index in [1.54, 1.807) is 24.3 Å². The average molecular weight is 397 g/mol. The van der Waals surface area contributed by atoms with Crippen molar-refractivity contribution >= 4 is 21.9 Å². The minimum atomic E-state index is -0.927. The van der Waals surface area contributed by atoms with Crippen LogP contribution in [0.4, 0.5) is 0 Å². The molecule has 0 radical (unpaired) electrons. The lowest BCUT2D eigenvalue weighted by Gasteiger charge is -2.14. The number of aromatic carboxylic acids is 1. The van der Waals surface area contributed by atoms with Gasteiger partial charge in [0.25, 0.3) is 0 Å². The van der Waals surface area contributed by atoms with E-state index >= 15 is 0 Å². The van der Waals surface area contributed by atoms with Crippen molar-refractivity contribution in [3.05, 3.63) is 99.5 Å². The lowest BCUT2D eigenvalue weighted by molar-refractivity contribution is 0.0697. The van der Waals surface area contributed by atoms with Gasteiger partial charge >= 0.3 is 5.97 Å². The molecule has 3 rings (SSSR count). The van der Waals surface area contributed by atoms with Crippen molar-refractivity contribution in [2.75, 3.05) is 0 Å². The molecule has 3 aromatic carbocycles. The zero-order valence-electron chi connectivity index (χ0n) is 13.5. The Kier molecular flexibility index (Phi) is 5.51. The van der Waals surface area contributed by atoms with Gasteiger partial charge in [0.15, 0.2) is 0 Å². The molecule has 0 bridgehead atoms. The van der Waals surface area contributed by atoms with Crippen LogP contribution >= 0.6 is 15.9 Å². The molecule has 3 nitrogen and oxygen atoms in total. The van der Waals surface area contributed by atoms with Crippen LogP contribution in [0.15, 0.2) is 77.3 Å². The van der Waals surface area contributed by atoms with Crippen molar-refractivity contribution in [2.45, 2.75) is 13.0 Å². The third-order valence-electron chi connectivity index (χ3n) is 3.87. The zero-order valence-corrected chi connectivity index (χ0v) is 15.1. The van der Waals surface area contributed by atoms with E-state index < -0.39 is 5.97 Å². The number of hydrogen-bond acceptors (Lipinski definition) is 2. The summed E-state index contributed by atoms with van der Waals surface area (Å²) in [5, 5.41) is 8.96. The SMILES string of the molecule is O=C(O)c1ccc(COc2c(Br)cccc2Cc2ccccc2)cc1. The second-order valence-electron chi connectivity index (χ2n) is 5.68. The molecule has 0 aliphatic heterocycles. The van der Waals surface area contributed by atoms with Crippen molar-refractivity contribution < 1.29 is 14.6 Å². The number of ether oxygens (including phenoxy) is 1. The molecule has 0 atom stereocenters. The number of halogens is 1. The van der Waals surface area contributed by atoms with E-state index in [9.17, 15) is 4.79 Å². The molecule has 0 aliphatic rings. The first-order chi connectivity index (χ1) is 12.1. The zero-order chi connectivity index (χ0) is 17.6. The normalized spacial score (nSPS) is 10.4. The molecule has 0 fully saturated rings. The highest BCUT2D eigenvalue weighted by Crippen LogP contribution is 2.31. The summed E-state index contributed by atoms with van der Waals surface area (Å²) in [5.41, 5.74) is 3.51. The van der Waals surface area contributed by atoms with Gasteiger partial charge in [-0.3, -0.25) is 0 Å². The first-order valence-corrected chi connectivity index (χ1v) is 8.69. The molecule has 0 amide bonds. The van der Waals surface area contributed by atoms with E-state index in [1.807, 2.05) is 30.3 Å². The van der Waals surface area contributed by atoms with Crippen LogP contribution in [0.5, 0.6) is 5.75 Å². The fourth-order valence-corrected chi connectivity index (χ4v) is 3.09. The number of carbonyl (C=O) groups is 1. The van der Waals surface area contributed by atoms with Gasteiger partial charge in [0.2, 0.25) is 0 Å². The monoisotopic (exact) mass is 396 g/mol. The summed E-state index contributed by atoms with van der Waals surface area (Å²) < 4.78 is 6.94. The van der Waals surface area contributed by atoms with Crippen LogP contribution in [0, 0.1) is 0 Å². The van der Waals surface area contributed by atoms with E-state index in [-0.39, 0.29) is 5.56 Å². The summed E-state index contributed by atoms with van der Waals surface area (Å²) in [6.45, 7) is 0.379. The number of hydrogen-bond donors (Lipinski definition) is 1. The topological polar surface area (TPSA) is 46.5 Å². The molecule has 0 spiro atoms. The largest absolute Gasteiger partial charge is 0.487 e. The van der Waals surface area contributed by atoms with Crippen molar-refractivity contribution in [3.8, 4) is 5.75 Å². The Morgan fingerprint density at radius 2 is 1.60 bits per heavy atom. The highest BCUT2D eigenvalue weighted by Gasteiger charge is 2.10. The molecule has 25 heavy (non-hydrogen) atoms. The third-order valence-corrected chi connectivity index (χ3v) is 4.49. The smallest absolute Gasteiger partial charge is 0.335 e. The molecule has 126 valence electrons. The van der Waals surface area contributed by atoms with Crippen LogP contribution in [0.3, 0.4) is 0 Å². The van der Waals surface area contributed by atoms with Gasteiger partial charge in [0.05, 0.1) is 10.0 Å². The number of para-hydroxylation sites is 1. The Labute approximate surface area is 155 Å². The van der Waals surface area contributed by atoms with Gasteiger partial charge in [-0.05, 0) is 50.8 Å². The molecule has 0 saturated heterocycles. The van der Waals surface area contributed by atoms with Crippen LogP contribution in [-0.4, -0.2) is 11.1 Å². The van der Waals surface area contributed by atoms with Crippen LogP contribution in [0.2, 0.25) is 0 Å². The second kappa shape index (κ2) is 7.99. The molecule has 0 aromatic heterocycles. The van der Waals surface area contributed by atoms with Gasteiger partial charge in [0, 0.05) is 6.42 Å². The summed E-state index contributed by atoms with van der Waals surface area (Å²) in [6.07, 6.45) is 0.785. The van der Waals surface area contributed by atoms with Crippen molar-refractivity contribution in [1.82, 2.24) is 0 Å². The van der Waals surface area contributed by atoms with E-state index in [2.05, 4.69) is 34.1 Å². The first-order valence-electron chi connectivity index (χ1n) is 7.90. The van der Waals surface area contributed by atoms with Crippen LogP contribution in [0.25, 0.3) is 0 Å². The van der Waals surface area contributed by atoms with E-state index in [1.165, 1.54) is 5.56 Å². The Balaban J connectivity index is 1.76. The lowest BCUT2D eigenvalue weighted by atomic mass is 10.0. The Morgan fingerprint density at radius 1 is 0.880 bits per heavy atom. The first kappa shape index (κ1) is 17.2. The van der Waals surface area contributed by atoms with Crippen molar-refractivity contribution in [1.29, 1.82) is 0 Å². The van der Waals surface area contributed by atoms with Gasteiger partial charge in [-0.25, -0.2) is 4.79 Å². The molecule has 1 N–H and O–H groups in total. The highest BCUT2D eigenvalue weighted by atomic mass is 79.9. The number of carboxylic acids is 1. The van der Waals surface area contributed by atoms with E-state index in [0.717, 1.165) is 27.8 Å². The minimum absolute atomic E-state index is 0.273. The maximum atomic E-state index is 10.9. The molecule has 3 aromatic rings. The van der Waals surface area contributed by atoms with Gasteiger partial charge < -0.3 is 9.84 Å². The Bertz CT molecular complexity index is 858. The van der Waals surface area contributed by atoms with Gasteiger partial charge in [0.1, 0.15) is 12.4 Å². The average Bonchev–Trinajstić information content (AvgIpc) is 2.62. The highest BCUT2D eigenvalue weighted by molar-refractivity contribution is 9.10. The summed E-state index contributed by atoms with van der Waals surface area (Å²) in [4.78, 5) is 10.9. The van der Waals surface area contributed by atoms with Crippen LogP contribution in [0.1, 0.15) is 27.0 Å². The maximum Gasteiger partial charge on any atom is 0.335 e. The Morgan fingerprint density at radius 3 is 2.28 bits per heavy atom. The predicted molar refractivity (Wildman–Crippen MR) is 101 cm³/mol. The number of benzene rings is 3. The summed E-state index contributed by atoms with van der Waals surface area (Å²) in [7, 11) is 0. The summed E-state index contributed by atoms with van der Waals surface area (Å²) in [5.74, 6) is -0.114. The summed E-state index contributed by atoms with van der Waals surface area (Å²) in [6, 6.07) is 23.0. The van der Waals surface area contributed by atoms with E-state index in [4.69, 9.17) is 9.84 Å². The quantitative estimate of drug-likeness (QED) is 0.613. The third kappa shape index (κ3) is 4.48. The number of rotatable bonds is 6. The van der Waals surface area contributed by atoms with E-state index in [0.29, 0.717) is 6.61 Å². The van der Waals surface area contributed by atoms with Gasteiger partial charge in [-0.15, -0.1) is 0 Å². The fourth-order valence-electron chi connectivity index (χ4n) is 2.57. The minimum Gasteiger partial charge on any atom is -0.487 e. The molecule has 0 heterocycles.